The summed E-state index contributed by atoms with van der Waals surface area (Å²) in [5.74, 6) is 0. The van der Waals surface area contributed by atoms with E-state index in [-0.39, 0.29) is 4.90 Å². The lowest BCUT2D eigenvalue weighted by atomic mass is 10.2. The van der Waals surface area contributed by atoms with Crippen molar-refractivity contribution in [2.24, 2.45) is 0 Å². The molecule has 0 spiro atoms. The van der Waals surface area contributed by atoms with Crippen LogP contribution in [0.5, 0.6) is 0 Å². The number of hydrogen-bond acceptors (Lipinski definition) is 4. The second-order valence-electron chi connectivity index (χ2n) is 4.27. The fraction of sp³-hybridized carbons (Fsp3) is 0.0769. The number of aryl methyl sites for hydroxylation is 1. The highest BCUT2D eigenvalue weighted by atomic mass is 79.9. The molecule has 2 aromatic rings. The zero-order valence-electron chi connectivity index (χ0n) is 10.9. The summed E-state index contributed by atoms with van der Waals surface area (Å²) in [6.45, 7) is 1.81. The van der Waals surface area contributed by atoms with Gasteiger partial charge in [0, 0.05) is 10.5 Å². The number of halogens is 1. The highest BCUT2D eigenvalue weighted by Crippen LogP contribution is 2.30. The lowest BCUT2D eigenvalue weighted by Gasteiger charge is -2.11. The maximum absolute atomic E-state index is 12.4. The number of nitrogens with zero attached hydrogens (tertiary/aromatic N) is 1. The van der Waals surface area contributed by atoms with E-state index in [0.717, 1.165) is 11.6 Å². The molecule has 0 radical (unpaired) electrons. The van der Waals surface area contributed by atoms with Crippen molar-refractivity contribution in [1.29, 1.82) is 0 Å². The van der Waals surface area contributed by atoms with Crippen LogP contribution in [0.3, 0.4) is 0 Å². The third-order valence-electron chi connectivity index (χ3n) is 2.79. The third kappa shape index (κ3) is 3.22. The van der Waals surface area contributed by atoms with Gasteiger partial charge in [0.15, 0.2) is 4.90 Å². The predicted molar refractivity (Wildman–Crippen MR) is 82.8 cm³/mol. The number of hydrogen-bond donors (Lipinski definition) is 1. The molecule has 8 heteroatoms. The standard InChI is InChI=1S/C13H11BrN2O4S/c1-9-5-4-6-10(13(9)14)15-21(19,20)12-8-3-2-7-11(12)16(17)18/h2-8,15H,1H3. The Balaban J connectivity index is 2.49. The molecule has 0 saturated carbocycles. The van der Waals surface area contributed by atoms with Gasteiger partial charge < -0.3 is 0 Å². The second-order valence-corrected chi connectivity index (χ2v) is 6.71. The molecule has 6 nitrogen and oxygen atoms in total. The zero-order valence-corrected chi connectivity index (χ0v) is 13.3. The Morgan fingerprint density at radius 1 is 1.14 bits per heavy atom. The zero-order chi connectivity index (χ0) is 15.6. The van der Waals surface area contributed by atoms with Gasteiger partial charge in [-0.1, -0.05) is 24.3 Å². The van der Waals surface area contributed by atoms with E-state index in [1.165, 1.54) is 18.2 Å². The van der Waals surface area contributed by atoms with E-state index in [4.69, 9.17) is 0 Å². The van der Waals surface area contributed by atoms with E-state index >= 15 is 0 Å². The number of para-hydroxylation sites is 1. The third-order valence-corrected chi connectivity index (χ3v) is 5.25. The van der Waals surface area contributed by atoms with Gasteiger partial charge in [0.05, 0.1) is 10.6 Å². The molecule has 0 amide bonds. The Morgan fingerprint density at radius 3 is 2.48 bits per heavy atom. The van der Waals surface area contributed by atoms with E-state index in [9.17, 15) is 18.5 Å². The van der Waals surface area contributed by atoms with Crippen LogP contribution in [0, 0.1) is 17.0 Å². The summed E-state index contributed by atoms with van der Waals surface area (Å²) in [7, 11) is -4.05. The molecule has 0 unspecified atom stereocenters. The van der Waals surface area contributed by atoms with Crippen molar-refractivity contribution in [1.82, 2.24) is 0 Å². The highest BCUT2D eigenvalue weighted by molar-refractivity contribution is 9.10. The normalized spacial score (nSPS) is 11.1. The molecule has 1 N–H and O–H groups in total. The van der Waals surface area contributed by atoms with Gasteiger partial charge in [-0.05, 0) is 40.5 Å². The van der Waals surface area contributed by atoms with E-state index < -0.39 is 20.6 Å². The molecular formula is C13H11BrN2O4S. The fourth-order valence-electron chi connectivity index (χ4n) is 1.76. The number of nitrogens with one attached hydrogen (secondary N) is 1. The minimum Gasteiger partial charge on any atom is -0.278 e. The van der Waals surface area contributed by atoms with Gasteiger partial charge >= 0.3 is 0 Å². The molecule has 21 heavy (non-hydrogen) atoms. The summed E-state index contributed by atoms with van der Waals surface area (Å²) in [4.78, 5) is 9.85. The van der Waals surface area contributed by atoms with E-state index in [2.05, 4.69) is 20.7 Å². The van der Waals surface area contributed by atoms with Gasteiger partial charge in [0.1, 0.15) is 0 Å². The number of nitro groups is 1. The Labute approximate surface area is 130 Å². The highest BCUT2D eigenvalue weighted by Gasteiger charge is 2.25. The monoisotopic (exact) mass is 370 g/mol. The van der Waals surface area contributed by atoms with Gasteiger partial charge in [-0.25, -0.2) is 8.42 Å². The van der Waals surface area contributed by atoms with Crippen molar-refractivity contribution < 1.29 is 13.3 Å². The Hall–Kier alpha value is -1.93. The molecule has 0 atom stereocenters. The SMILES string of the molecule is Cc1cccc(NS(=O)(=O)c2ccccc2[N+](=O)[O-])c1Br. The largest absolute Gasteiger partial charge is 0.289 e. The van der Waals surface area contributed by atoms with E-state index in [1.54, 1.807) is 12.1 Å². The Bertz CT molecular complexity index is 806. The van der Waals surface area contributed by atoms with Crippen LogP contribution < -0.4 is 4.72 Å². The predicted octanol–water partition coefficient (Wildman–Crippen LogP) is 3.47. The van der Waals surface area contributed by atoms with Gasteiger partial charge in [-0.15, -0.1) is 0 Å². The molecule has 0 saturated heterocycles. The molecule has 110 valence electrons. The number of sulfonamides is 1. The smallest absolute Gasteiger partial charge is 0.278 e. The molecule has 2 aromatic carbocycles. The lowest BCUT2D eigenvalue weighted by Crippen LogP contribution is -2.15. The van der Waals surface area contributed by atoms with Crippen molar-refractivity contribution in [3.05, 3.63) is 62.6 Å². The van der Waals surface area contributed by atoms with Crippen molar-refractivity contribution in [3.8, 4) is 0 Å². The van der Waals surface area contributed by atoms with Gasteiger partial charge in [0.2, 0.25) is 0 Å². The van der Waals surface area contributed by atoms with Gasteiger partial charge in [-0.2, -0.15) is 0 Å². The maximum atomic E-state index is 12.4. The van der Waals surface area contributed by atoms with E-state index in [1.807, 2.05) is 13.0 Å². The van der Waals surface area contributed by atoms with Gasteiger partial charge in [0.25, 0.3) is 15.7 Å². The summed E-state index contributed by atoms with van der Waals surface area (Å²) < 4.78 is 27.7. The topological polar surface area (TPSA) is 89.3 Å². The molecular weight excluding hydrogens is 360 g/mol. The molecule has 0 aliphatic heterocycles. The average Bonchev–Trinajstić information content (AvgIpc) is 2.44. The van der Waals surface area contributed by atoms with Crippen LogP contribution >= 0.6 is 15.9 Å². The van der Waals surface area contributed by atoms with Crippen LogP contribution in [-0.4, -0.2) is 13.3 Å². The fourth-order valence-corrected chi connectivity index (χ4v) is 3.50. The second kappa shape index (κ2) is 5.82. The Morgan fingerprint density at radius 2 is 1.81 bits per heavy atom. The summed E-state index contributed by atoms with van der Waals surface area (Å²) >= 11 is 3.29. The number of benzene rings is 2. The van der Waals surface area contributed by atoms with Crippen molar-refractivity contribution in [2.75, 3.05) is 4.72 Å². The van der Waals surface area contributed by atoms with Crippen molar-refractivity contribution in [3.63, 3.8) is 0 Å². The van der Waals surface area contributed by atoms with Crippen LogP contribution in [0.4, 0.5) is 11.4 Å². The number of rotatable bonds is 4. The van der Waals surface area contributed by atoms with Crippen LogP contribution in [0.1, 0.15) is 5.56 Å². The summed E-state index contributed by atoms with van der Waals surface area (Å²) in [5.41, 5.74) is 0.708. The molecule has 2 rings (SSSR count). The first-order chi connectivity index (χ1) is 9.83. The first kappa shape index (κ1) is 15.5. The summed E-state index contributed by atoms with van der Waals surface area (Å²) in [5, 5.41) is 10.9. The van der Waals surface area contributed by atoms with Crippen LogP contribution in [0.25, 0.3) is 0 Å². The lowest BCUT2D eigenvalue weighted by molar-refractivity contribution is -0.387. The van der Waals surface area contributed by atoms with Crippen LogP contribution in [-0.2, 0) is 10.0 Å². The molecule has 0 fully saturated rings. The molecule has 0 heterocycles. The first-order valence-corrected chi connectivity index (χ1v) is 8.12. The minimum absolute atomic E-state index is 0.327. The molecule has 0 aromatic heterocycles. The van der Waals surface area contributed by atoms with Crippen molar-refractivity contribution in [2.45, 2.75) is 11.8 Å². The molecule has 0 bridgehead atoms. The minimum atomic E-state index is -4.05. The number of anilines is 1. The number of nitro benzene ring substituents is 1. The van der Waals surface area contributed by atoms with E-state index in [0.29, 0.717) is 10.2 Å². The van der Waals surface area contributed by atoms with Gasteiger partial charge in [-0.3, -0.25) is 14.8 Å². The summed E-state index contributed by atoms with van der Waals surface area (Å²) in [6.07, 6.45) is 0. The van der Waals surface area contributed by atoms with Crippen molar-refractivity contribution >= 4 is 37.3 Å². The quantitative estimate of drug-likeness (QED) is 0.658. The molecule has 0 aliphatic carbocycles. The maximum Gasteiger partial charge on any atom is 0.289 e. The van der Waals surface area contributed by atoms with Crippen LogP contribution in [0.2, 0.25) is 0 Å². The molecule has 0 aliphatic rings. The average molecular weight is 371 g/mol. The first-order valence-electron chi connectivity index (χ1n) is 5.84. The van der Waals surface area contributed by atoms with Crippen LogP contribution in [0.15, 0.2) is 51.8 Å². The summed E-state index contributed by atoms with van der Waals surface area (Å²) in [6, 6.07) is 10.3. The Kier molecular flexibility index (Phi) is 4.29.